The number of carbonyl (C=O) groups excluding carboxylic acids is 2. The van der Waals surface area contributed by atoms with Gasteiger partial charge in [0.15, 0.2) is 16.6 Å². The van der Waals surface area contributed by atoms with Gasteiger partial charge in [-0.15, -0.1) is 0 Å². The normalized spacial score (nSPS) is 14.9. The zero-order valence-corrected chi connectivity index (χ0v) is 21.2. The molecule has 1 aromatic heterocycles. The number of amides is 2. The molecule has 0 aliphatic carbocycles. The third-order valence-electron chi connectivity index (χ3n) is 5.99. The van der Waals surface area contributed by atoms with Crippen LogP contribution in [0.5, 0.6) is 0 Å². The molecule has 0 saturated carbocycles. The first-order chi connectivity index (χ1) is 16.6. The molecular weight excluding hydrogens is 484 g/mol. The van der Waals surface area contributed by atoms with Crippen LogP contribution in [0, 0.1) is 13.5 Å². The first-order valence-electron chi connectivity index (χ1n) is 10.8. The number of hydrogen-bond donors (Lipinski definition) is 1. The highest BCUT2D eigenvalue weighted by Gasteiger charge is 2.50. The van der Waals surface area contributed by atoms with Gasteiger partial charge in [-0.05, 0) is 68.4 Å². The minimum absolute atomic E-state index is 0.181. The maximum Gasteiger partial charge on any atom is 0.287 e. The Labute approximate surface area is 213 Å². The minimum atomic E-state index is -0.958. The maximum absolute atomic E-state index is 13.4. The van der Waals surface area contributed by atoms with Crippen LogP contribution >= 0.6 is 23.8 Å². The highest BCUT2D eigenvalue weighted by atomic mass is 35.5. The molecule has 0 spiro atoms. The Hall–Kier alpha value is -3.74. The number of benzene rings is 2. The number of aromatic nitrogens is 2. The van der Waals surface area contributed by atoms with E-state index in [1.54, 1.807) is 73.1 Å². The topological polar surface area (TPSA) is 74.8 Å². The van der Waals surface area contributed by atoms with Crippen molar-refractivity contribution in [2.24, 2.45) is 7.05 Å². The highest BCUT2D eigenvalue weighted by Crippen LogP contribution is 2.38. The SMILES string of the molecule is [C-]#[N+]c1ccc(N2C(=O)C(C)(C)N(c3ccc(CNC(=O)c4nccn4C)c(Cl)c3)C2=S)cc1C. The molecule has 2 amide bonds. The number of nitrogens with zero attached hydrogens (tertiary/aromatic N) is 5. The van der Waals surface area contributed by atoms with Gasteiger partial charge in [0.05, 0.1) is 6.57 Å². The fraction of sp³-hybridized carbons (Fsp3) is 0.240. The first-order valence-corrected chi connectivity index (χ1v) is 11.6. The summed E-state index contributed by atoms with van der Waals surface area (Å²) in [6, 6.07) is 10.6. The molecule has 0 bridgehead atoms. The molecule has 8 nitrogen and oxygen atoms in total. The number of carbonyl (C=O) groups is 2. The minimum Gasteiger partial charge on any atom is -0.345 e. The lowest BCUT2D eigenvalue weighted by Gasteiger charge is -2.29. The Kier molecular flexibility index (Phi) is 6.36. The average molecular weight is 507 g/mol. The summed E-state index contributed by atoms with van der Waals surface area (Å²) in [5.41, 5.74) is 2.33. The summed E-state index contributed by atoms with van der Waals surface area (Å²) >= 11 is 12.3. The zero-order valence-electron chi connectivity index (χ0n) is 19.7. The molecule has 0 atom stereocenters. The third kappa shape index (κ3) is 4.27. The van der Waals surface area contributed by atoms with Crippen molar-refractivity contribution in [3.05, 3.63) is 82.2 Å². The van der Waals surface area contributed by atoms with Crippen LogP contribution in [0.25, 0.3) is 4.85 Å². The van der Waals surface area contributed by atoms with Crippen molar-refractivity contribution in [1.29, 1.82) is 0 Å². The summed E-state index contributed by atoms with van der Waals surface area (Å²) in [6.45, 7) is 12.9. The van der Waals surface area contributed by atoms with Crippen molar-refractivity contribution in [2.45, 2.75) is 32.9 Å². The molecule has 178 valence electrons. The highest BCUT2D eigenvalue weighted by molar-refractivity contribution is 7.81. The Bertz CT molecular complexity index is 1410. The van der Waals surface area contributed by atoms with Crippen molar-refractivity contribution < 1.29 is 9.59 Å². The Morgan fingerprint density at radius 2 is 1.94 bits per heavy atom. The van der Waals surface area contributed by atoms with E-state index in [9.17, 15) is 9.59 Å². The number of anilines is 2. The monoisotopic (exact) mass is 506 g/mol. The van der Waals surface area contributed by atoms with Crippen LogP contribution in [0.1, 0.15) is 35.6 Å². The fourth-order valence-electron chi connectivity index (χ4n) is 4.02. The molecule has 0 radical (unpaired) electrons. The van der Waals surface area contributed by atoms with E-state index in [1.165, 1.54) is 4.90 Å². The van der Waals surface area contributed by atoms with Gasteiger partial charge in [-0.25, -0.2) is 9.83 Å². The van der Waals surface area contributed by atoms with E-state index in [0.29, 0.717) is 33.0 Å². The van der Waals surface area contributed by atoms with E-state index in [2.05, 4.69) is 15.1 Å². The van der Waals surface area contributed by atoms with E-state index >= 15 is 0 Å². The predicted octanol–water partition coefficient (Wildman–Crippen LogP) is 4.78. The molecule has 2 heterocycles. The number of imidazole rings is 1. The molecule has 1 N–H and O–H groups in total. The number of aryl methyl sites for hydroxylation is 2. The average Bonchev–Trinajstić information content (AvgIpc) is 3.31. The third-order valence-corrected chi connectivity index (χ3v) is 6.70. The van der Waals surface area contributed by atoms with Crippen LogP contribution in [0.2, 0.25) is 5.02 Å². The Morgan fingerprint density at radius 1 is 1.23 bits per heavy atom. The molecule has 1 saturated heterocycles. The molecular formula is C25H23ClN6O2S. The van der Waals surface area contributed by atoms with Crippen LogP contribution in [0.4, 0.5) is 17.1 Å². The second kappa shape index (κ2) is 9.13. The molecule has 1 aliphatic rings. The van der Waals surface area contributed by atoms with Gasteiger partial charge in [0, 0.05) is 42.4 Å². The van der Waals surface area contributed by atoms with Gasteiger partial charge in [0.2, 0.25) is 0 Å². The number of nitrogens with one attached hydrogen (secondary N) is 1. The van der Waals surface area contributed by atoms with Crippen LogP contribution < -0.4 is 15.1 Å². The largest absolute Gasteiger partial charge is 0.345 e. The van der Waals surface area contributed by atoms with Crippen molar-refractivity contribution in [2.75, 3.05) is 9.80 Å². The second-order valence-corrected chi connectivity index (χ2v) is 9.49. The van der Waals surface area contributed by atoms with E-state index in [0.717, 1.165) is 11.1 Å². The van der Waals surface area contributed by atoms with Crippen LogP contribution in [0.15, 0.2) is 48.8 Å². The maximum atomic E-state index is 13.4. The van der Waals surface area contributed by atoms with Gasteiger partial charge in [-0.3, -0.25) is 14.5 Å². The van der Waals surface area contributed by atoms with Gasteiger partial charge in [-0.1, -0.05) is 23.7 Å². The van der Waals surface area contributed by atoms with E-state index in [-0.39, 0.29) is 18.4 Å². The number of halogens is 1. The summed E-state index contributed by atoms with van der Waals surface area (Å²) < 4.78 is 1.63. The molecule has 10 heteroatoms. The number of thiocarbonyl (C=S) groups is 1. The molecule has 1 aliphatic heterocycles. The number of hydrogen-bond acceptors (Lipinski definition) is 4. The van der Waals surface area contributed by atoms with Crippen LogP contribution in [-0.4, -0.2) is 32.0 Å². The van der Waals surface area contributed by atoms with Gasteiger partial charge in [0.1, 0.15) is 5.54 Å². The van der Waals surface area contributed by atoms with Crippen molar-refractivity contribution in [3.8, 4) is 0 Å². The molecule has 3 aromatic rings. The van der Waals surface area contributed by atoms with Gasteiger partial charge < -0.3 is 14.8 Å². The quantitative estimate of drug-likeness (QED) is 0.398. The smallest absolute Gasteiger partial charge is 0.287 e. The molecule has 0 unspecified atom stereocenters. The zero-order chi connectivity index (χ0) is 25.5. The van der Waals surface area contributed by atoms with Crippen LogP contribution in [-0.2, 0) is 18.4 Å². The van der Waals surface area contributed by atoms with Gasteiger partial charge >= 0.3 is 0 Å². The van der Waals surface area contributed by atoms with Gasteiger partial charge in [0.25, 0.3) is 11.8 Å². The summed E-state index contributed by atoms with van der Waals surface area (Å²) in [7, 11) is 1.75. The lowest BCUT2D eigenvalue weighted by atomic mass is 10.0. The molecule has 2 aromatic carbocycles. The Morgan fingerprint density at radius 3 is 2.54 bits per heavy atom. The first kappa shape index (κ1) is 24.4. The summed E-state index contributed by atoms with van der Waals surface area (Å²) in [6.07, 6.45) is 3.25. The van der Waals surface area contributed by atoms with Crippen LogP contribution in [0.3, 0.4) is 0 Å². The van der Waals surface area contributed by atoms with E-state index in [1.807, 2.05) is 13.0 Å². The van der Waals surface area contributed by atoms with E-state index in [4.69, 9.17) is 30.4 Å². The van der Waals surface area contributed by atoms with E-state index < -0.39 is 5.54 Å². The Balaban J connectivity index is 1.59. The summed E-state index contributed by atoms with van der Waals surface area (Å²) in [5.74, 6) is -0.180. The molecule has 4 rings (SSSR count). The lowest BCUT2D eigenvalue weighted by molar-refractivity contribution is -0.120. The fourth-order valence-corrected chi connectivity index (χ4v) is 4.78. The lowest BCUT2D eigenvalue weighted by Crippen LogP contribution is -2.44. The summed E-state index contributed by atoms with van der Waals surface area (Å²) in [4.78, 5) is 36.6. The summed E-state index contributed by atoms with van der Waals surface area (Å²) in [5, 5.41) is 3.57. The number of rotatable bonds is 5. The van der Waals surface area contributed by atoms with Crippen molar-refractivity contribution in [1.82, 2.24) is 14.9 Å². The second-order valence-electron chi connectivity index (χ2n) is 8.72. The van der Waals surface area contributed by atoms with Gasteiger partial charge in [-0.2, -0.15) is 0 Å². The molecule has 35 heavy (non-hydrogen) atoms. The predicted molar refractivity (Wildman–Crippen MR) is 140 cm³/mol. The standard InChI is InChI=1S/C25H23ClN6O2S/c1-15-12-17(8-9-20(15)27-4)31-23(34)25(2,3)32(24(31)35)18-7-6-16(19(26)13-18)14-29-22(33)21-28-10-11-30(21)5/h6-13H,14H2,1-3,5H3,(H,29,33). The van der Waals surface area contributed by atoms with Crippen molar-refractivity contribution >= 4 is 57.8 Å². The molecule has 1 fully saturated rings. The van der Waals surface area contributed by atoms with Crippen molar-refractivity contribution in [3.63, 3.8) is 0 Å².